The lowest BCUT2D eigenvalue weighted by molar-refractivity contribution is 0.588. The zero-order valence-electron chi connectivity index (χ0n) is 8.44. The molecule has 12 heavy (non-hydrogen) atoms. The quantitative estimate of drug-likeness (QED) is 0.546. The molecule has 0 atom stereocenters. The predicted molar refractivity (Wildman–Crippen MR) is 54.3 cm³/mol. The van der Waals surface area contributed by atoms with Gasteiger partial charge in [-0.15, -0.1) is 0 Å². The van der Waals surface area contributed by atoms with Crippen LogP contribution in [0.15, 0.2) is 18.2 Å². The second kappa shape index (κ2) is 2.93. The Balaban J connectivity index is 3.19. The van der Waals surface area contributed by atoms with Crippen LogP contribution in [-0.2, 0) is 5.41 Å². The third kappa shape index (κ3) is 1.88. The highest BCUT2D eigenvalue weighted by Crippen LogP contribution is 2.25. The van der Waals surface area contributed by atoms with E-state index in [-0.39, 0.29) is 5.41 Å². The highest BCUT2D eigenvalue weighted by molar-refractivity contribution is 5.37. The number of hydrogen-bond acceptors (Lipinski definition) is 0. The maximum atomic E-state index is 4.05. The normalized spacial score (nSPS) is 11.8. The van der Waals surface area contributed by atoms with Crippen molar-refractivity contribution >= 4 is 0 Å². The van der Waals surface area contributed by atoms with Crippen molar-refractivity contribution < 1.29 is 0 Å². The summed E-state index contributed by atoms with van der Waals surface area (Å²) >= 11 is 0. The van der Waals surface area contributed by atoms with Gasteiger partial charge in [-0.1, -0.05) is 44.5 Å². The Bertz CT molecular complexity index is 277. The summed E-state index contributed by atoms with van der Waals surface area (Å²) in [5.74, 6) is 0. The summed E-state index contributed by atoms with van der Waals surface area (Å²) in [5.41, 5.74) is 3.99. The van der Waals surface area contributed by atoms with Gasteiger partial charge in [-0.05, 0) is 30.4 Å². The minimum atomic E-state index is 0.213. The van der Waals surface area contributed by atoms with Crippen LogP contribution in [0.2, 0.25) is 0 Å². The summed E-state index contributed by atoms with van der Waals surface area (Å²) in [7, 11) is 0. The third-order valence-electron chi connectivity index (χ3n) is 2.07. The lowest BCUT2D eigenvalue weighted by Crippen LogP contribution is -2.12. The van der Waals surface area contributed by atoms with Crippen LogP contribution in [0.1, 0.15) is 37.5 Å². The lowest BCUT2D eigenvalue weighted by Gasteiger charge is -2.21. The maximum absolute atomic E-state index is 4.05. The van der Waals surface area contributed by atoms with E-state index in [0.717, 1.165) is 5.56 Å². The first-order valence-corrected chi connectivity index (χ1v) is 4.34. The molecule has 0 spiro atoms. The second-order valence-electron chi connectivity index (χ2n) is 4.41. The highest BCUT2D eigenvalue weighted by Gasteiger charge is 2.15. The van der Waals surface area contributed by atoms with Crippen LogP contribution in [0.4, 0.5) is 0 Å². The first-order valence-electron chi connectivity index (χ1n) is 4.34. The lowest BCUT2D eigenvalue weighted by atomic mass is 9.84. The average Bonchev–Trinajstić information content (AvgIpc) is 1.83. The molecule has 1 aromatic carbocycles. The van der Waals surface area contributed by atoms with Crippen LogP contribution in [0.25, 0.3) is 0 Å². The average molecular weight is 161 g/mol. The van der Waals surface area contributed by atoms with Gasteiger partial charge in [0.25, 0.3) is 0 Å². The fraction of sp³-hybridized carbons (Fsp3) is 0.417. The fourth-order valence-corrected chi connectivity index (χ4v) is 1.45. The molecule has 0 N–H and O–H groups in total. The summed E-state index contributed by atoms with van der Waals surface area (Å²) in [6.45, 7) is 12.8. The van der Waals surface area contributed by atoms with Crippen molar-refractivity contribution in [3.63, 3.8) is 0 Å². The molecule has 0 aliphatic carbocycles. The molecule has 0 heterocycles. The van der Waals surface area contributed by atoms with E-state index in [9.17, 15) is 0 Å². The van der Waals surface area contributed by atoms with Gasteiger partial charge in [0.15, 0.2) is 0 Å². The molecular weight excluding hydrogens is 144 g/mol. The van der Waals surface area contributed by atoms with E-state index in [1.54, 1.807) is 0 Å². The first-order chi connectivity index (χ1) is 5.41. The third-order valence-corrected chi connectivity index (χ3v) is 2.07. The van der Waals surface area contributed by atoms with Crippen molar-refractivity contribution in [1.29, 1.82) is 0 Å². The maximum Gasteiger partial charge on any atom is -0.0129 e. The smallest absolute Gasteiger partial charge is 0.0129 e. The van der Waals surface area contributed by atoms with Gasteiger partial charge in [0.05, 0.1) is 0 Å². The zero-order chi connectivity index (χ0) is 9.35. The van der Waals surface area contributed by atoms with E-state index in [1.807, 2.05) is 0 Å². The van der Waals surface area contributed by atoms with Crippen molar-refractivity contribution in [2.24, 2.45) is 0 Å². The van der Waals surface area contributed by atoms with Crippen LogP contribution in [0.3, 0.4) is 0 Å². The Morgan fingerprint density at radius 3 is 2.17 bits per heavy atom. The van der Waals surface area contributed by atoms with Crippen LogP contribution >= 0.6 is 0 Å². The SMILES string of the molecule is [CH2]c1cc(C)ccc1C(C)(C)C. The Morgan fingerprint density at radius 2 is 1.75 bits per heavy atom. The molecule has 0 bridgehead atoms. The Morgan fingerprint density at radius 1 is 1.17 bits per heavy atom. The standard InChI is InChI=1S/C12H17/c1-9-6-7-11(10(2)8-9)12(3,4)5/h6-8H,2H2,1,3-5H3. The summed E-state index contributed by atoms with van der Waals surface area (Å²) in [6.07, 6.45) is 0. The summed E-state index contributed by atoms with van der Waals surface area (Å²) in [5, 5.41) is 0. The van der Waals surface area contributed by atoms with E-state index in [4.69, 9.17) is 0 Å². The molecule has 0 fully saturated rings. The molecule has 0 heteroatoms. The number of rotatable bonds is 0. The molecule has 0 amide bonds. The van der Waals surface area contributed by atoms with Crippen LogP contribution in [0, 0.1) is 13.8 Å². The Labute approximate surface area is 75.6 Å². The van der Waals surface area contributed by atoms with Crippen molar-refractivity contribution in [2.45, 2.75) is 33.1 Å². The molecule has 0 aliphatic heterocycles. The van der Waals surface area contributed by atoms with E-state index in [0.29, 0.717) is 0 Å². The summed E-state index contributed by atoms with van der Waals surface area (Å²) in [4.78, 5) is 0. The molecule has 0 saturated heterocycles. The monoisotopic (exact) mass is 161 g/mol. The number of benzene rings is 1. The molecule has 1 radical (unpaired) electrons. The van der Waals surface area contributed by atoms with Crippen molar-refractivity contribution in [1.82, 2.24) is 0 Å². The fourth-order valence-electron chi connectivity index (χ4n) is 1.45. The number of aryl methyl sites for hydroxylation is 1. The van der Waals surface area contributed by atoms with Gasteiger partial charge in [-0.2, -0.15) is 0 Å². The summed E-state index contributed by atoms with van der Waals surface area (Å²) < 4.78 is 0. The van der Waals surface area contributed by atoms with E-state index >= 15 is 0 Å². The molecule has 65 valence electrons. The van der Waals surface area contributed by atoms with Gasteiger partial charge < -0.3 is 0 Å². The first kappa shape index (κ1) is 9.31. The molecule has 0 unspecified atom stereocenters. The Hall–Kier alpha value is -0.780. The predicted octanol–water partition coefficient (Wildman–Crippen LogP) is 3.47. The second-order valence-corrected chi connectivity index (χ2v) is 4.41. The largest absolute Gasteiger partial charge is 0.0590 e. The van der Waals surface area contributed by atoms with Crippen LogP contribution < -0.4 is 0 Å². The van der Waals surface area contributed by atoms with Crippen molar-refractivity contribution in [2.75, 3.05) is 0 Å². The van der Waals surface area contributed by atoms with Crippen LogP contribution in [0.5, 0.6) is 0 Å². The van der Waals surface area contributed by atoms with Crippen molar-refractivity contribution in [3.05, 3.63) is 41.8 Å². The van der Waals surface area contributed by atoms with E-state index in [1.165, 1.54) is 11.1 Å². The van der Waals surface area contributed by atoms with Gasteiger partial charge in [0, 0.05) is 0 Å². The van der Waals surface area contributed by atoms with Crippen LogP contribution in [-0.4, -0.2) is 0 Å². The molecule has 1 aromatic rings. The number of hydrogen-bond donors (Lipinski definition) is 0. The molecule has 0 aliphatic rings. The minimum absolute atomic E-state index is 0.213. The van der Waals surface area contributed by atoms with Gasteiger partial charge in [-0.25, -0.2) is 0 Å². The molecule has 1 rings (SSSR count). The van der Waals surface area contributed by atoms with Gasteiger partial charge >= 0.3 is 0 Å². The Kier molecular flexibility index (Phi) is 2.27. The summed E-state index contributed by atoms with van der Waals surface area (Å²) in [6, 6.07) is 6.47. The van der Waals surface area contributed by atoms with Crippen molar-refractivity contribution in [3.8, 4) is 0 Å². The highest BCUT2D eigenvalue weighted by atomic mass is 14.2. The van der Waals surface area contributed by atoms with E-state index in [2.05, 4.69) is 52.8 Å². The molecule has 0 saturated carbocycles. The molecular formula is C12H17. The minimum Gasteiger partial charge on any atom is -0.0590 e. The topological polar surface area (TPSA) is 0 Å². The molecule has 0 nitrogen and oxygen atoms in total. The zero-order valence-corrected chi connectivity index (χ0v) is 8.44. The van der Waals surface area contributed by atoms with Gasteiger partial charge in [0.2, 0.25) is 0 Å². The van der Waals surface area contributed by atoms with E-state index < -0.39 is 0 Å². The van der Waals surface area contributed by atoms with Gasteiger partial charge in [-0.3, -0.25) is 0 Å². The van der Waals surface area contributed by atoms with Gasteiger partial charge in [0.1, 0.15) is 0 Å². The molecule has 0 aromatic heterocycles.